The number of nitrogens with two attached hydrogens (primary N) is 1. The largest absolute Gasteiger partial charge is 1.00 e. The second-order valence-corrected chi connectivity index (χ2v) is 7.91. The Morgan fingerprint density at radius 3 is 2.42 bits per heavy atom. The van der Waals surface area contributed by atoms with Crippen molar-refractivity contribution in [3.05, 3.63) is 53.1 Å². The molecule has 1 aromatic heterocycles. The van der Waals surface area contributed by atoms with Crippen LogP contribution >= 0.6 is 11.6 Å². The number of azo groups is 1. The van der Waals surface area contributed by atoms with E-state index in [1.54, 1.807) is 12.1 Å². The minimum Gasteiger partial charge on any atom is -0.744 e. The van der Waals surface area contributed by atoms with Crippen LogP contribution in [0.25, 0.3) is 0 Å². The molecule has 156 valence electrons. The molecule has 0 radical (unpaired) electrons. The van der Waals surface area contributed by atoms with Gasteiger partial charge in [0.25, 0.3) is 0 Å². The molecule has 0 fully saturated rings. The molecule has 3 aromatic rings. The van der Waals surface area contributed by atoms with Crippen LogP contribution in [0.3, 0.4) is 0 Å². The molecule has 0 aliphatic rings. The summed E-state index contributed by atoms with van der Waals surface area (Å²) >= 11 is 5.92. The summed E-state index contributed by atoms with van der Waals surface area (Å²) in [4.78, 5) is 11.6. The van der Waals surface area contributed by atoms with Crippen molar-refractivity contribution in [3.8, 4) is 0 Å². The number of anilines is 3. The van der Waals surface area contributed by atoms with Gasteiger partial charge in [-0.1, -0.05) is 24.6 Å². The van der Waals surface area contributed by atoms with Gasteiger partial charge in [-0.15, -0.1) is 5.11 Å². The van der Waals surface area contributed by atoms with Gasteiger partial charge in [0.05, 0.1) is 22.0 Å². The van der Waals surface area contributed by atoms with E-state index in [1.165, 1.54) is 6.07 Å². The number of nitrogens with one attached hydrogen (secondary N) is 1. The normalized spacial score (nSPS) is 11.4. The third-order valence-electron chi connectivity index (χ3n) is 3.92. The maximum atomic E-state index is 11.5. The first-order valence-corrected chi connectivity index (χ1v) is 10.5. The van der Waals surface area contributed by atoms with Crippen LogP contribution in [0.4, 0.5) is 28.7 Å². The van der Waals surface area contributed by atoms with Gasteiger partial charge in [-0.3, -0.25) is 0 Å². The van der Waals surface area contributed by atoms with Gasteiger partial charge in [0.15, 0.2) is 0 Å². The van der Waals surface area contributed by atoms with E-state index in [0.29, 0.717) is 17.9 Å². The standard InChI is InChI=1S/C18H18ClN7O3S.Na/c1-3-16-22-17(19)24-18(23-16)21-13-8-12(20)15(30(27,28)29)9-14(13)26-25-11-6-4-10(2)5-7-11;/h4-9H,3,20H2,1-2H3,(H,27,28,29)(H,21,22,23,24);/q;+1/p-1. The first-order chi connectivity index (χ1) is 14.2. The van der Waals surface area contributed by atoms with E-state index in [2.05, 4.69) is 30.5 Å². The smallest absolute Gasteiger partial charge is 0.744 e. The molecule has 0 aliphatic carbocycles. The molecule has 0 atom stereocenters. The van der Waals surface area contributed by atoms with Crippen molar-refractivity contribution in [1.29, 1.82) is 0 Å². The van der Waals surface area contributed by atoms with Crippen molar-refractivity contribution in [1.82, 2.24) is 15.0 Å². The quantitative estimate of drug-likeness (QED) is 0.234. The SMILES string of the molecule is CCc1nc(Cl)nc(Nc2cc(N)c(S(=O)(=O)[O-])cc2N=Nc2ccc(C)cc2)n1.[Na+]. The Kier molecular flexibility index (Phi) is 8.46. The van der Waals surface area contributed by atoms with E-state index in [4.69, 9.17) is 17.3 Å². The van der Waals surface area contributed by atoms with Crippen molar-refractivity contribution in [2.24, 2.45) is 10.2 Å². The van der Waals surface area contributed by atoms with Gasteiger partial charge in [-0.05, 0) is 42.8 Å². The van der Waals surface area contributed by atoms with Crippen LogP contribution in [0.1, 0.15) is 18.3 Å². The molecule has 2 aromatic carbocycles. The van der Waals surface area contributed by atoms with Crippen molar-refractivity contribution in [2.75, 3.05) is 11.1 Å². The van der Waals surface area contributed by atoms with Gasteiger partial charge in [-0.25, -0.2) is 13.4 Å². The predicted molar refractivity (Wildman–Crippen MR) is 112 cm³/mol. The van der Waals surface area contributed by atoms with E-state index >= 15 is 0 Å². The monoisotopic (exact) mass is 469 g/mol. The fourth-order valence-corrected chi connectivity index (χ4v) is 3.22. The molecule has 0 unspecified atom stereocenters. The molecule has 13 heteroatoms. The van der Waals surface area contributed by atoms with Crippen molar-refractivity contribution in [2.45, 2.75) is 25.2 Å². The Balaban J connectivity index is 0.00000341. The van der Waals surface area contributed by atoms with E-state index in [-0.39, 0.29) is 57.9 Å². The molecule has 31 heavy (non-hydrogen) atoms. The van der Waals surface area contributed by atoms with Crippen molar-refractivity contribution in [3.63, 3.8) is 0 Å². The summed E-state index contributed by atoms with van der Waals surface area (Å²) in [6.45, 7) is 3.78. The molecule has 0 spiro atoms. The zero-order chi connectivity index (χ0) is 21.9. The van der Waals surface area contributed by atoms with Gasteiger partial charge in [0.2, 0.25) is 11.2 Å². The van der Waals surface area contributed by atoms with Gasteiger partial charge >= 0.3 is 29.6 Å². The van der Waals surface area contributed by atoms with Crippen LogP contribution in [0.2, 0.25) is 5.28 Å². The van der Waals surface area contributed by atoms with E-state index < -0.39 is 15.0 Å². The minimum absolute atomic E-state index is 0. The molecule has 0 bridgehead atoms. The third-order valence-corrected chi connectivity index (χ3v) is 4.98. The summed E-state index contributed by atoms with van der Waals surface area (Å²) in [6, 6.07) is 9.48. The van der Waals surface area contributed by atoms with Crippen molar-refractivity contribution >= 4 is 50.4 Å². The maximum Gasteiger partial charge on any atom is 1.00 e. The topological polar surface area (TPSA) is 159 Å². The number of aryl methyl sites for hydroxylation is 2. The first-order valence-electron chi connectivity index (χ1n) is 8.71. The minimum atomic E-state index is -4.82. The van der Waals surface area contributed by atoms with Crippen LogP contribution in [-0.4, -0.2) is 27.9 Å². The van der Waals surface area contributed by atoms with Gasteiger partial charge in [-0.2, -0.15) is 15.1 Å². The predicted octanol–water partition coefficient (Wildman–Crippen LogP) is 1.05. The Morgan fingerprint density at radius 1 is 1.13 bits per heavy atom. The van der Waals surface area contributed by atoms with Gasteiger partial charge < -0.3 is 15.6 Å². The molecule has 0 saturated heterocycles. The number of nitrogens with zero attached hydrogens (tertiary/aromatic N) is 5. The van der Waals surface area contributed by atoms with Gasteiger partial charge in [0.1, 0.15) is 21.6 Å². The van der Waals surface area contributed by atoms with Gasteiger partial charge in [0, 0.05) is 6.42 Å². The molecule has 3 N–H and O–H groups in total. The second-order valence-electron chi connectivity index (χ2n) is 6.22. The summed E-state index contributed by atoms with van der Waals surface area (Å²) in [7, 11) is -4.82. The number of halogens is 1. The number of hydrogen-bond donors (Lipinski definition) is 2. The number of rotatable bonds is 6. The Labute approximate surface area is 206 Å². The van der Waals surface area contributed by atoms with E-state index in [1.807, 2.05) is 26.0 Å². The summed E-state index contributed by atoms with van der Waals surface area (Å²) in [5.74, 6) is 0.558. The van der Waals surface area contributed by atoms with E-state index in [0.717, 1.165) is 11.6 Å². The summed E-state index contributed by atoms with van der Waals surface area (Å²) in [5, 5.41) is 11.0. The molecule has 10 nitrogen and oxygen atoms in total. The van der Waals surface area contributed by atoms with Crippen LogP contribution < -0.4 is 40.6 Å². The Morgan fingerprint density at radius 2 is 1.81 bits per heavy atom. The maximum absolute atomic E-state index is 11.5. The number of hydrogen-bond acceptors (Lipinski definition) is 10. The summed E-state index contributed by atoms with van der Waals surface area (Å²) in [5.41, 5.74) is 7.38. The summed E-state index contributed by atoms with van der Waals surface area (Å²) < 4.78 is 34.6. The number of benzene rings is 2. The van der Waals surface area contributed by atoms with Crippen LogP contribution in [0.15, 0.2) is 51.5 Å². The molecule has 1 heterocycles. The molecule has 0 amide bonds. The second kappa shape index (κ2) is 10.4. The average molecular weight is 470 g/mol. The molecular weight excluding hydrogens is 453 g/mol. The Bertz CT molecular complexity index is 1220. The molecule has 3 rings (SSSR count). The Hall–Kier alpha value is -2.15. The van der Waals surface area contributed by atoms with Crippen LogP contribution in [0.5, 0.6) is 0 Å². The zero-order valence-corrected chi connectivity index (χ0v) is 20.6. The third kappa shape index (κ3) is 6.66. The van der Waals surface area contributed by atoms with Crippen molar-refractivity contribution < 1.29 is 42.5 Å². The van der Waals surface area contributed by atoms with Crippen LogP contribution in [0, 0.1) is 6.92 Å². The number of nitrogen functional groups attached to an aromatic ring is 1. The summed E-state index contributed by atoms with van der Waals surface area (Å²) in [6.07, 6.45) is 0.520. The zero-order valence-electron chi connectivity index (χ0n) is 17.0. The average Bonchev–Trinajstić information content (AvgIpc) is 2.67. The molecule has 0 aliphatic heterocycles. The number of aromatic nitrogens is 3. The van der Waals surface area contributed by atoms with Crippen LogP contribution in [-0.2, 0) is 16.5 Å². The molecular formula is C18H17ClN7NaO3S. The molecule has 0 saturated carbocycles. The fraction of sp³-hybridized carbons (Fsp3) is 0.167. The fourth-order valence-electron chi connectivity index (χ4n) is 2.43. The first kappa shape index (κ1) is 25.1. The van der Waals surface area contributed by atoms with E-state index in [9.17, 15) is 13.0 Å².